The van der Waals surface area contributed by atoms with Gasteiger partial charge in [-0.1, -0.05) is 19.9 Å². The summed E-state index contributed by atoms with van der Waals surface area (Å²) in [6.45, 7) is 6.21. The topological polar surface area (TPSA) is 23.5 Å². The van der Waals surface area contributed by atoms with E-state index in [1.807, 2.05) is 13.8 Å². The number of β-amino-alcohol motifs (C(OH)–C–C–N with tert-alkyl or cyclic N) is 1. The second-order valence-electron chi connectivity index (χ2n) is 5.15. The molecule has 0 amide bonds. The molecule has 0 spiro atoms. The van der Waals surface area contributed by atoms with E-state index in [9.17, 15) is 9.50 Å². The van der Waals surface area contributed by atoms with Gasteiger partial charge in [0.1, 0.15) is 5.82 Å². The standard InChI is InChI=1S/C13H17BrFNO/c1-9(2)13(17)7-16(8-13)6-10-3-4-12(15)11(14)5-10/h3-5,9,17H,6-8H2,1-2H3. The van der Waals surface area contributed by atoms with Crippen LogP contribution in [-0.4, -0.2) is 28.7 Å². The lowest BCUT2D eigenvalue weighted by molar-refractivity contribution is -0.130. The first-order valence-corrected chi connectivity index (χ1v) is 6.59. The van der Waals surface area contributed by atoms with E-state index in [4.69, 9.17) is 0 Å². The summed E-state index contributed by atoms with van der Waals surface area (Å²) >= 11 is 3.18. The Kier molecular flexibility index (Phi) is 3.57. The van der Waals surface area contributed by atoms with Crippen LogP contribution in [0.4, 0.5) is 4.39 Å². The molecule has 1 saturated heterocycles. The highest BCUT2D eigenvalue weighted by Gasteiger charge is 2.43. The van der Waals surface area contributed by atoms with E-state index in [-0.39, 0.29) is 11.7 Å². The Bertz CT molecular complexity index is 416. The molecule has 1 N–H and O–H groups in total. The predicted octanol–water partition coefficient (Wildman–Crippen LogP) is 2.79. The van der Waals surface area contributed by atoms with Crippen molar-refractivity contribution in [3.8, 4) is 0 Å². The van der Waals surface area contributed by atoms with E-state index in [1.165, 1.54) is 6.07 Å². The SMILES string of the molecule is CC(C)C1(O)CN(Cc2ccc(F)c(Br)c2)C1. The molecule has 17 heavy (non-hydrogen) atoms. The molecular formula is C13H17BrFNO. The molecule has 0 unspecified atom stereocenters. The van der Waals surface area contributed by atoms with Crippen molar-refractivity contribution < 1.29 is 9.50 Å². The third kappa shape index (κ3) is 2.69. The first kappa shape index (κ1) is 13.0. The van der Waals surface area contributed by atoms with Gasteiger partial charge in [0.05, 0.1) is 10.1 Å². The highest BCUT2D eigenvalue weighted by atomic mass is 79.9. The number of nitrogens with zero attached hydrogens (tertiary/aromatic N) is 1. The molecule has 1 aromatic rings. The Morgan fingerprint density at radius 1 is 1.47 bits per heavy atom. The van der Waals surface area contributed by atoms with Gasteiger partial charge in [-0.05, 0) is 39.5 Å². The Morgan fingerprint density at radius 3 is 2.65 bits per heavy atom. The Balaban J connectivity index is 1.94. The van der Waals surface area contributed by atoms with Gasteiger partial charge >= 0.3 is 0 Å². The maximum Gasteiger partial charge on any atom is 0.137 e. The van der Waals surface area contributed by atoms with Gasteiger partial charge in [0, 0.05) is 19.6 Å². The monoisotopic (exact) mass is 301 g/mol. The van der Waals surface area contributed by atoms with Gasteiger partial charge < -0.3 is 5.11 Å². The number of hydrogen-bond acceptors (Lipinski definition) is 2. The molecule has 1 aliphatic rings. The highest BCUT2D eigenvalue weighted by molar-refractivity contribution is 9.10. The maximum absolute atomic E-state index is 13.1. The van der Waals surface area contributed by atoms with Crippen LogP contribution >= 0.6 is 15.9 Å². The van der Waals surface area contributed by atoms with Crippen molar-refractivity contribution in [1.82, 2.24) is 4.90 Å². The number of halogens is 2. The lowest BCUT2D eigenvalue weighted by atomic mass is 9.83. The van der Waals surface area contributed by atoms with E-state index in [0.29, 0.717) is 17.6 Å². The van der Waals surface area contributed by atoms with Crippen molar-refractivity contribution in [3.05, 3.63) is 34.1 Å². The third-order valence-electron chi connectivity index (χ3n) is 3.46. The van der Waals surface area contributed by atoms with Gasteiger partial charge in [-0.15, -0.1) is 0 Å². The minimum atomic E-state index is -0.544. The summed E-state index contributed by atoms with van der Waals surface area (Å²) in [6.07, 6.45) is 0. The fourth-order valence-electron chi connectivity index (χ4n) is 2.10. The molecule has 2 rings (SSSR count). The summed E-state index contributed by atoms with van der Waals surface area (Å²) in [4.78, 5) is 2.17. The van der Waals surface area contributed by atoms with Gasteiger partial charge in [0.25, 0.3) is 0 Å². The number of benzene rings is 1. The fourth-order valence-corrected chi connectivity index (χ4v) is 2.53. The summed E-state index contributed by atoms with van der Waals surface area (Å²) in [7, 11) is 0. The van der Waals surface area contributed by atoms with Crippen LogP contribution in [0, 0.1) is 11.7 Å². The maximum atomic E-state index is 13.1. The summed E-state index contributed by atoms with van der Waals surface area (Å²) in [6, 6.07) is 5.04. The van der Waals surface area contributed by atoms with Crippen LogP contribution in [-0.2, 0) is 6.54 Å². The molecule has 0 aliphatic carbocycles. The van der Waals surface area contributed by atoms with E-state index >= 15 is 0 Å². The van der Waals surface area contributed by atoms with Crippen LogP contribution in [0.15, 0.2) is 22.7 Å². The van der Waals surface area contributed by atoms with Gasteiger partial charge in [-0.2, -0.15) is 0 Å². The van der Waals surface area contributed by atoms with Gasteiger partial charge in [-0.25, -0.2) is 4.39 Å². The minimum absolute atomic E-state index is 0.240. The molecule has 0 atom stereocenters. The first-order valence-electron chi connectivity index (χ1n) is 5.79. The van der Waals surface area contributed by atoms with Crippen LogP contribution in [0.5, 0.6) is 0 Å². The van der Waals surface area contributed by atoms with E-state index in [0.717, 1.165) is 12.1 Å². The highest BCUT2D eigenvalue weighted by Crippen LogP contribution is 2.30. The number of likely N-dealkylation sites (tertiary alicyclic amines) is 1. The third-order valence-corrected chi connectivity index (χ3v) is 4.07. The summed E-state index contributed by atoms with van der Waals surface area (Å²) in [5, 5.41) is 10.1. The molecule has 1 aromatic carbocycles. The van der Waals surface area contributed by atoms with Gasteiger partial charge in [0.2, 0.25) is 0 Å². The quantitative estimate of drug-likeness (QED) is 0.928. The van der Waals surface area contributed by atoms with Crippen molar-refractivity contribution in [3.63, 3.8) is 0 Å². The second kappa shape index (κ2) is 4.67. The number of rotatable bonds is 3. The van der Waals surface area contributed by atoms with E-state index in [2.05, 4.69) is 20.8 Å². The molecular weight excluding hydrogens is 285 g/mol. The smallest absolute Gasteiger partial charge is 0.137 e. The van der Waals surface area contributed by atoms with E-state index in [1.54, 1.807) is 12.1 Å². The second-order valence-corrected chi connectivity index (χ2v) is 6.01. The Morgan fingerprint density at radius 2 is 2.12 bits per heavy atom. The normalized spacial score (nSPS) is 19.4. The zero-order chi connectivity index (χ0) is 12.6. The molecule has 0 bridgehead atoms. The lowest BCUT2D eigenvalue weighted by Crippen LogP contribution is -2.63. The molecule has 1 heterocycles. The Hall–Kier alpha value is -0.450. The molecule has 0 saturated carbocycles. The fraction of sp³-hybridized carbons (Fsp3) is 0.538. The van der Waals surface area contributed by atoms with Crippen molar-refractivity contribution in [1.29, 1.82) is 0 Å². The lowest BCUT2D eigenvalue weighted by Gasteiger charge is -2.49. The van der Waals surface area contributed by atoms with Crippen molar-refractivity contribution in [2.75, 3.05) is 13.1 Å². The van der Waals surface area contributed by atoms with Gasteiger partial charge in [0.15, 0.2) is 0 Å². The molecule has 94 valence electrons. The number of aliphatic hydroxyl groups is 1. The van der Waals surface area contributed by atoms with Crippen molar-refractivity contribution in [2.45, 2.75) is 26.0 Å². The van der Waals surface area contributed by atoms with Crippen LogP contribution < -0.4 is 0 Å². The molecule has 1 fully saturated rings. The van der Waals surface area contributed by atoms with Crippen LogP contribution in [0.25, 0.3) is 0 Å². The van der Waals surface area contributed by atoms with Crippen LogP contribution in [0.3, 0.4) is 0 Å². The van der Waals surface area contributed by atoms with Crippen molar-refractivity contribution in [2.24, 2.45) is 5.92 Å². The largest absolute Gasteiger partial charge is 0.387 e. The number of hydrogen-bond donors (Lipinski definition) is 1. The molecule has 0 radical (unpaired) electrons. The molecule has 1 aliphatic heterocycles. The van der Waals surface area contributed by atoms with Crippen LogP contribution in [0.1, 0.15) is 19.4 Å². The predicted molar refractivity (Wildman–Crippen MR) is 69.2 cm³/mol. The van der Waals surface area contributed by atoms with Gasteiger partial charge in [-0.3, -0.25) is 4.90 Å². The summed E-state index contributed by atoms with van der Waals surface area (Å²) in [5.41, 5.74) is 0.515. The minimum Gasteiger partial charge on any atom is -0.387 e. The Labute approximate surface area is 110 Å². The zero-order valence-electron chi connectivity index (χ0n) is 10.1. The molecule has 4 heteroatoms. The average molecular weight is 302 g/mol. The molecule has 2 nitrogen and oxygen atoms in total. The van der Waals surface area contributed by atoms with E-state index < -0.39 is 5.60 Å². The first-order chi connectivity index (χ1) is 7.90. The summed E-state index contributed by atoms with van der Waals surface area (Å²) in [5.74, 6) is 0.0368. The molecule has 0 aromatic heterocycles. The summed E-state index contributed by atoms with van der Waals surface area (Å²) < 4.78 is 13.6. The van der Waals surface area contributed by atoms with Crippen molar-refractivity contribution >= 4 is 15.9 Å². The average Bonchev–Trinajstić information content (AvgIpc) is 2.20. The zero-order valence-corrected chi connectivity index (χ0v) is 11.7. The van der Waals surface area contributed by atoms with Crippen LogP contribution in [0.2, 0.25) is 0 Å².